The number of para-hydroxylation sites is 1. The van der Waals surface area contributed by atoms with Crippen LogP contribution in [0.5, 0.6) is 0 Å². The largest absolute Gasteiger partial charge is 0.354 e. The Morgan fingerprint density at radius 3 is 2.39 bits per heavy atom. The number of aromatic amines is 1. The molecule has 31 heavy (non-hydrogen) atoms. The van der Waals surface area contributed by atoms with Crippen LogP contribution in [0.4, 0.5) is 10.3 Å². The summed E-state index contributed by atoms with van der Waals surface area (Å²) in [7, 11) is 0. The van der Waals surface area contributed by atoms with Crippen molar-refractivity contribution in [3.63, 3.8) is 0 Å². The fourth-order valence-corrected chi connectivity index (χ4v) is 4.11. The number of nitrogens with zero attached hydrogens (tertiary/aromatic N) is 4. The summed E-state index contributed by atoms with van der Waals surface area (Å²) in [6, 6.07) is 15.8. The molecular formula is C24H22FN5O. The number of H-pyrrole nitrogens is 1. The van der Waals surface area contributed by atoms with Crippen molar-refractivity contribution < 1.29 is 9.18 Å². The highest BCUT2D eigenvalue weighted by atomic mass is 19.1. The van der Waals surface area contributed by atoms with Crippen molar-refractivity contribution in [3.8, 4) is 11.3 Å². The van der Waals surface area contributed by atoms with Crippen LogP contribution in [-0.2, 0) is 0 Å². The number of piperazine rings is 1. The van der Waals surface area contributed by atoms with E-state index < -0.39 is 0 Å². The second-order valence-electron chi connectivity index (χ2n) is 7.66. The molecule has 2 aromatic carbocycles. The summed E-state index contributed by atoms with van der Waals surface area (Å²) in [4.78, 5) is 29.7. The first-order chi connectivity index (χ1) is 15.2. The van der Waals surface area contributed by atoms with Gasteiger partial charge in [-0.1, -0.05) is 18.2 Å². The van der Waals surface area contributed by atoms with Crippen LogP contribution in [0.1, 0.15) is 10.4 Å². The second-order valence-corrected chi connectivity index (χ2v) is 7.66. The molecule has 156 valence electrons. The van der Waals surface area contributed by atoms with Gasteiger partial charge in [0.1, 0.15) is 5.82 Å². The molecule has 0 bridgehead atoms. The molecule has 1 aliphatic heterocycles. The van der Waals surface area contributed by atoms with E-state index in [1.54, 1.807) is 30.6 Å². The third-order valence-corrected chi connectivity index (χ3v) is 5.69. The Balaban J connectivity index is 1.37. The van der Waals surface area contributed by atoms with Crippen molar-refractivity contribution in [2.75, 3.05) is 37.6 Å². The molecule has 2 aromatic heterocycles. The molecule has 1 fully saturated rings. The molecule has 1 aliphatic rings. The normalized spacial score (nSPS) is 14.8. The van der Waals surface area contributed by atoms with Crippen molar-refractivity contribution in [2.24, 2.45) is 0 Å². The first-order valence-corrected chi connectivity index (χ1v) is 10.3. The van der Waals surface area contributed by atoms with Crippen LogP contribution in [0.25, 0.3) is 22.2 Å². The Labute approximate surface area is 179 Å². The van der Waals surface area contributed by atoms with Crippen LogP contribution in [0.15, 0.2) is 67.0 Å². The van der Waals surface area contributed by atoms with Gasteiger partial charge in [-0.15, -0.1) is 0 Å². The first kappa shape index (κ1) is 19.4. The van der Waals surface area contributed by atoms with E-state index in [2.05, 4.69) is 24.8 Å². The summed E-state index contributed by atoms with van der Waals surface area (Å²) in [6.45, 7) is 3.40. The highest BCUT2D eigenvalue weighted by molar-refractivity contribution is 6.14. The lowest BCUT2D eigenvalue weighted by molar-refractivity contribution is 0.0928. The fourth-order valence-electron chi connectivity index (χ4n) is 4.11. The van der Waals surface area contributed by atoms with Crippen LogP contribution in [0.3, 0.4) is 0 Å². The zero-order chi connectivity index (χ0) is 21.2. The Bertz CT molecular complexity index is 1200. The number of nitrogens with one attached hydrogen (secondary N) is 1. The van der Waals surface area contributed by atoms with Crippen molar-refractivity contribution >= 4 is 22.6 Å². The molecule has 0 atom stereocenters. The number of Topliss-reactive ketones (excluding diaryl/α,β-unsaturated/α-hetero) is 1. The molecule has 3 heterocycles. The molecular weight excluding hydrogens is 393 g/mol. The Hall–Kier alpha value is -3.58. The second kappa shape index (κ2) is 8.28. The molecule has 0 aliphatic carbocycles. The summed E-state index contributed by atoms with van der Waals surface area (Å²) < 4.78 is 13.4. The average molecular weight is 415 g/mol. The number of hydrogen-bond donors (Lipinski definition) is 1. The van der Waals surface area contributed by atoms with Gasteiger partial charge in [0.2, 0.25) is 5.95 Å². The number of fused-ring (bicyclic) bond motifs is 1. The maximum atomic E-state index is 13.4. The Morgan fingerprint density at radius 1 is 0.935 bits per heavy atom. The first-order valence-electron chi connectivity index (χ1n) is 10.3. The molecule has 5 rings (SSSR count). The quantitative estimate of drug-likeness (QED) is 0.503. The minimum atomic E-state index is -0.298. The standard InChI is InChI=1S/C24H22FN5O/c25-18-8-6-17(7-9-18)23-22(19-4-1-2-5-20(19)28-23)21(31)16-29-12-14-30(15-13-29)24-26-10-3-11-27-24/h1-11,28H,12-16H2. The molecule has 0 radical (unpaired) electrons. The highest BCUT2D eigenvalue weighted by Gasteiger charge is 2.24. The lowest BCUT2D eigenvalue weighted by Gasteiger charge is -2.34. The molecule has 4 aromatic rings. The van der Waals surface area contributed by atoms with Crippen LogP contribution in [0, 0.1) is 5.82 Å². The summed E-state index contributed by atoms with van der Waals surface area (Å²) in [5.41, 5.74) is 3.10. The monoisotopic (exact) mass is 415 g/mol. The summed E-state index contributed by atoms with van der Waals surface area (Å²) in [6.07, 6.45) is 3.48. The number of rotatable bonds is 5. The topological polar surface area (TPSA) is 65.1 Å². The van der Waals surface area contributed by atoms with Crippen molar-refractivity contribution in [3.05, 3.63) is 78.4 Å². The average Bonchev–Trinajstić information content (AvgIpc) is 3.20. The van der Waals surface area contributed by atoms with Gasteiger partial charge in [-0.05, 0) is 42.0 Å². The van der Waals surface area contributed by atoms with E-state index in [9.17, 15) is 9.18 Å². The van der Waals surface area contributed by atoms with E-state index in [-0.39, 0.29) is 11.6 Å². The van der Waals surface area contributed by atoms with E-state index >= 15 is 0 Å². The number of benzene rings is 2. The van der Waals surface area contributed by atoms with Crippen LogP contribution >= 0.6 is 0 Å². The third kappa shape index (κ3) is 3.92. The molecule has 1 saturated heterocycles. The van der Waals surface area contributed by atoms with Crippen molar-refractivity contribution in [2.45, 2.75) is 0 Å². The van der Waals surface area contributed by atoms with Gasteiger partial charge in [0, 0.05) is 49.5 Å². The molecule has 0 saturated carbocycles. The predicted octanol–water partition coefficient (Wildman–Crippen LogP) is 3.77. The SMILES string of the molecule is O=C(CN1CCN(c2ncccn2)CC1)c1c(-c2ccc(F)cc2)[nH]c2ccccc12. The van der Waals surface area contributed by atoms with E-state index in [1.165, 1.54) is 12.1 Å². The van der Waals surface area contributed by atoms with Gasteiger partial charge in [-0.3, -0.25) is 9.69 Å². The summed E-state index contributed by atoms with van der Waals surface area (Å²) >= 11 is 0. The fraction of sp³-hybridized carbons (Fsp3) is 0.208. The number of anilines is 1. The number of halogens is 1. The van der Waals surface area contributed by atoms with Gasteiger partial charge in [-0.25, -0.2) is 14.4 Å². The van der Waals surface area contributed by atoms with Crippen molar-refractivity contribution in [1.82, 2.24) is 19.9 Å². The van der Waals surface area contributed by atoms with Crippen molar-refractivity contribution in [1.29, 1.82) is 0 Å². The number of aromatic nitrogens is 3. The maximum Gasteiger partial charge on any atom is 0.225 e. The lowest BCUT2D eigenvalue weighted by Crippen LogP contribution is -2.48. The molecule has 0 amide bonds. The minimum Gasteiger partial charge on any atom is -0.354 e. The minimum absolute atomic E-state index is 0.0567. The van der Waals surface area contributed by atoms with Crippen LogP contribution in [-0.4, -0.2) is 58.4 Å². The number of carbonyl (C=O) groups excluding carboxylic acids is 1. The molecule has 7 heteroatoms. The van der Waals surface area contributed by atoms with Gasteiger partial charge in [0.15, 0.2) is 5.78 Å². The summed E-state index contributed by atoms with van der Waals surface area (Å²) in [5, 5.41) is 0.892. The number of hydrogen-bond acceptors (Lipinski definition) is 5. The van der Waals surface area contributed by atoms with Gasteiger partial charge in [-0.2, -0.15) is 0 Å². The number of ketones is 1. The van der Waals surface area contributed by atoms with Gasteiger partial charge < -0.3 is 9.88 Å². The maximum absolute atomic E-state index is 13.4. The predicted molar refractivity (Wildman–Crippen MR) is 119 cm³/mol. The van der Waals surface area contributed by atoms with E-state index in [4.69, 9.17) is 0 Å². The van der Waals surface area contributed by atoms with E-state index in [0.29, 0.717) is 12.1 Å². The Morgan fingerprint density at radius 2 is 1.65 bits per heavy atom. The van der Waals surface area contributed by atoms with Gasteiger partial charge >= 0.3 is 0 Å². The van der Waals surface area contributed by atoms with E-state index in [0.717, 1.165) is 54.3 Å². The van der Waals surface area contributed by atoms with E-state index in [1.807, 2.05) is 24.3 Å². The highest BCUT2D eigenvalue weighted by Crippen LogP contribution is 2.31. The van der Waals surface area contributed by atoms with Gasteiger partial charge in [0.05, 0.1) is 17.8 Å². The van der Waals surface area contributed by atoms with Gasteiger partial charge in [0.25, 0.3) is 0 Å². The zero-order valence-corrected chi connectivity index (χ0v) is 17.0. The molecule has 0 spiro atoms. The third-order valence-electron chi connectivity index (χ3n) is 5.69. The number of carbonyl (C=O) groups is 1. The Kier molecular flexibility index (Phi) is 5.18. The summed E-state index contributed by atoms with van der Waals surface area (Å²) in [5.74, 6) is 0.484. The van der Waals surface area contributed by atoms with Crippen LogP contribution in [0.2, 0.25) is 0 Å². The van der Waals surface area contributed by atoms with Crippen LogP contribution < -0.4 is 4.90 Å². The molecule has 6 nitrogen and oxygen atoms in total. The molecule has 1 N–H and O–H groups in total. The zero-order valence-electron chi connectivity index (χ0n) is 17.0. The molecule has 0 unspecified atom stereocenters. The smallest absolute Gasteiger partial charge is 0.225 e. The lowest BCUT2D eigenvalue weighted by atomic mass is 10.0.